The van der Waals surface area contributed by atoms with Crippen molar-refractivity contribution in [1.82, 2.24) is 25.1 Å². The largest absolute Gasteiger partial charge is 0.497 e. The average molecular weight is 559 g/mol. The van der Waals surface area contributed by atoms with Crippen molar-refractivity contribution in [2.75, 3.05) is 12.8 Å². The van der Waals surface area contributed by atoms with E-state index >= 15 is 0 Å². The summed E-state index contributed by atoms with van der Waals surface area (Å²) in [5, 5.41) is 8.44. The van der Waals surface area contributed by atoms with Crippen molar-refractivity contribution in [3.8, 4) is 39.3 Å². The van der Waals surface area contributed by atoms with Gasteiger partial charge in [-0.2, -0.15) is 5.10 Å². The molecule has 10 heteroatoms. The van der Waals surface area contributed by atoms with Crippen LogP contribution in [0.25, 0.3) is 33.5 Å². The Bertz CT molecular complexity index is 1620. The van der Waals surface area contributed by atoms with Gasteiger partial charge in [-0.05, 0) is 35.9 Å². The number of pyridine rings is 2. The van der Waals surface area contributed by atoms with Gasteiger partial charge in [0.05, 0.1) is 17.2 Å². The highest BCUT2D eigenvalue weighted by atomic mass is 35.5. The Morgan fingerprint density at radius 2 is 1.82 bits per heavy atom. The second-order valence-corrected chi connectivity index (χ2v) is 9.50. The highest BCUT2D eigenvalue weighted by Crippen LogP contribution is 2.40. The second-order valence-electron chi connectivity index (χ2n) is 8.71. The molecule has 0 aliphatic rings. The standard InChI is InChI=1S/C29H24Cl2N6O2/c1-39-21-9-7-18(8-10-21)13-34-26(38)17-37-16-24(22-5-2-6-25(30)27(22)31)28(36-37)23-12-20(15-35-29(23)32)19-4-3-11-33-14-19/h2-12,14-16H,13,17H2,1H3,(H2,32,35)(H,34,38). The SMILES string of the molecule is COc1ccc(CNC(=O)Cn2cc(-c3cccc(Cl)c3Cl)c(-c3cc(-c4cccnc4)cnc3N)n2)cc1. The van der Waals surface area contributed by atoms with Crippen molar-refractivity contribution in [2.24, 2.45) is 0 Å². The van der Waals surface area contributed by atoms with Crippen LogP contribution in [-0.2, 0) is 17.9 Å². The lowest BCUT2D eigenvalue weighted by Gasteiger charge is -2.10. The van der Waals surface area contributed by atoms with Crippen LogP contribution in [0.15, 0.2) is 85.5 Å². The van der Waals surface area contributed by atoms with Gasteiger partial charge in [0.25, 0.3) is 0 Å². The Balaban J connectivity index is 1.49. The number of aromatic nitrogens is 4. The minimum Gasteiger partial charge on any atom is -0.497 e. The maximum absolute atomic E-state index is 12.8. The van der Waals surface area contributed by atoms with E-state index in [-0.39, 0.29) is 18.3 Å². The van der Waals surface area contributed by atoms with Crippen LogP contribution < -0.4 is 15.8 Å². The number of ether oxygens (including phenoxy) is 1. The fourth-order valence-corrected chi connectivity index (χ4v) is 4.52. The molecule has 8 nitrogen and oxygen atoms in total. The third-order valence-electron chi connectivity index (χ3n) is 6.13. The van der Waals surface area contributed by atoms with E-state index in [1.807, 2.05) is 48.5 Å². The molecule has 3 N–H and O–H groups in total. The van der Waals surface area contributed by atoms with Gasteiger partial charge in [-0.25, -0.2) is 4.98 Å². The number of nitrogen functional groups attached to an aromatic ring is 1. The maximum Gasteiger partial charge on any atom is 0.241 e. The summed E-state index contributed by atoms with van der Waals surface area (Å²) >= 11 is 12.9. The lowest BCUT2D eigenvalue weighted by molar-refractivity contribution is -0.122. The van der Waals surface area contributed by atoms with E-state index in [2.05, 4.69) is 15.3 Å². The molecule has 0 bridgehead atoms. The van der Waals surface area contributed by atoms with Gasteiger partial charge in [0.1, 0.15) is 23.8 Å². The Kier molecular flexibility index (Phi) is 7.76. The molecule has 0 aliphatic heterocycles. The number of anilines is 1. The number of methoxy groups -OCH3 is 1. The molecule has 0 aliphatic carbocycles. The fraction of sp³-hybridized carbons (Fsp3) is 0.103. The molecule has 0 fully saturated rings. The third-order valence-corrected chi connectivity index (χ3v) is 6.95. The molecule has 1 amide bonds. The molecule has 0 radical (unpaired) electrons. The molecule has 5 aromatic rings. The zero-order valence-corrected chi connectivity index (χ0v) is 22.4. The summed E-state index contributed by atoms with van der Waals surface area (Å²) in [6.45, 7) is 0.352. The second kappa shape index (κ2) is 11.6. The van der Waals surface area contributed by atoms with E-state index in [0.717, 1.165) is 22.4 Å². The number of nitrogens with zero attached hydrogens (tertiary/aromatic N) is 4. The molecular weight excluding hydrogens is 535 g/mol. The Hall–Kier alpha value is -4.40. The van der Waals surface area contributed by atoms with Crippen LogP contribution in [0.3, 0.4) is 0 Å². The van der Waals surface area contributed by atoms with Crippen LogP contribution in [0.4, 0.5) is 5.82 Å². The number of carbonyl (C=O) groups is 1. The molecule has 196 valence electrons. The number of nitrogens with two attached hydrogens (primary N) is 1. The zero-order valence-electron chi connectivity index (χ0n) is 20.9. The van der Waals surface area contributed by atoms with Crippen molar-refractivity contribution in [1.29, 1.82) is 0 Å². The normalized spacial score (nSPS) is 10.8. The maximum atomic E-state index is 12.8. The smallest absolute Gasteiger partial charge is 0.241 e. The van der Waals surface area contributed by atoms with Gasteiger partial charge in [-0.3, -0.25) is 14.5 Å². The number of halogens is 2. The first-order valence-electron chi connectivity index (χ1n) is 12.0. The lowest BCUT2D eigenvalue weighted by Crippen LogP contribution is -2.27. The number of carbonyl (C=O) groups excluding carboxylic acids is 1. The van der Waals surface area contributed by atoms with Gasteiger partial charge < -0.3 is 15.8 Å². The number of nitrogens with one attached hydrogen (secondary N) is 1. The van der Waals surface area contributed by atoms with E-state index in [1.165, 1.54) is 0 Å². The fourth-order valence-electron chi connectivity index (χ4n) is 4.11. The molecule has 0 saturated heterocycles. The molecule has 0 spiro atoms. The van der Waals surface area contributed by atoms with Crippen LogP contribution in [0.5, 0.6) is 5.75 Å². The van der Waals surface area contributed by atoms with Crippen LogP contribution in [0, 0.1) is 0 Å². The number of hydrogen-bond acceptors (Lipinski definition) is 6. The van der Waals surface area contributed by atoms with Crippen LogP contribution in [0.2, 0.25) is 10.0 Å². The van der Waals surface area contributed by atoms with Crippen LogP contribution in [0.1, 0.15) is 5.56 Å². The van der Waals surface area contributed by atoms with Crippen LogP contribution in [-0.4, -0.2) is 32.8 Å². The quantitative estimate of drug-likeness (QED) is 0.246. The van der Waals surface area contributed by atoms with Crippen molar-refractivity contribution < 1.29 is 9.53 Å². The third kappa shape index (κ3) is 5.87. The van der Waals surface area contributed by atoms with Crippen molar-refractivity contribution in [2.45, 2.75) is 13.1 Å². The zero-order chi connectivity index (χ0) is 27.4. The lowest BCUT2D eigenvalue weighted by atomic mass is 10.00. The van der Waals surface area contributed by atoms with Crippen molar-refractivity contribution in [3.05, 3.63) is 101 Å². The minimum absolute atomic E-state index is 0.0169. The summed E-state index contributed by atoms with van der Waals surface area (Å²) < 4.78 is 6.74. The van der Waals surface area contributed by atoms with Gasteiger partial charge in [0, 0.05) is 59.1 Å². The Labute approximate surface area is 235 Å². The summed E-state index contributed by atoms with van der Waals surface area (Å²) in [5.41, 5.74) is 11.4. The van der Waals surface area contributed by atoms with Crippen molar-refractivity contribution >= 4 is 34.9 Å². The highest BCUT2D eigenvalue weighted by molar-refractivity contribution is 6.43. The first-order chi connectivity index (χ1) is 18.9. The van der Waals surface area contributed by atoms with E-state index < -0.39 is 0 Å². The molecule has 0 saturated carbocycles. The van der Waals surface area contributed by atoms with Gasteiger partial charge >= 0.3 is 0 Å². The molecular formula is C29H24Cl2N6O2. The topological polar surface area (TPSA) is 108 Å². The molecule has 5 rings (SSSR count). The summed E-state index contributed by atoms with van der Waals surface area (Å²) in [5.74, 6) is 0.831. The Morgan fingerprint density at radius 1 is 1.00 bits per heavy atom. The molecule has 3 aromatic heterocycles. The van der Waals surface area contributed by atoms with Crippen LogP contribution >= 0.6 is 23.2 Å². The van der Waals surface area contributed by atoms with E-state index in [0.29, 0.717) is 39.0 Å². The predicted molar refractivity (Wildman–Crippen MR) is 153 cm³/mol. The molecule has 39 heavy (non-hydrogen) atoms. The summed E-state index contributed by atoms with van der Waals surface area (Å²) in [6, 6.07) is 18.5. The highest BCUT2D eigenvalue weighted by Gasteiger charge is 2.20. The van der Waals surface area contributed by atoms with Gasteiger partial charge in [0.2, 0.25) is 5.91 Å². The van der Waals surface area contributed by atoms with Gasteiger partial charge in [0.15, 0.2) is 0 Å². The summed E-state index contributed by atoms with van der Waals surface area (Å²) in [7, 11) is 1.61. The van der Waals surface area contributed by atoms with Gasteiger partial charge in [-0.1, -0.05) is 53.5 Å². The molecule has 0 atom stereocenters. The minimum atomic E-state index is -0.209. The molecule has 2 aromatic carbocycles. The van der Waals surface area contributed by atoms with E-state index in [9.17, 15) is 4.79 Å². The van der Waals surface area contributed by atoms with Crippen molar-refractivity contribution in [3.63, 3.8) is 0 Å². The van der Waals surface area contributed by atoms with E-state index in [1.54, 1.807) is 48.7 Å². The predicted octanol–water partition coefficient (Wildman–Crippen LogP) is 5.89. The van der Waals surface area contributed by atoms with E-state index in [4.69, 9.17) is 38.8 Å². The number of rotatable bonds is 8. The number of amides is 1. The molecule has 0 unspecified atom stereocenters. The van der Waals surface area contributed by atoms with Gasteiger partial charge in [-0.15, -0.1) is 0 Å². The Morgan fingerprint density at radius 3 is 2.56 bits per heavy atom. The first kappa shape index (κ1) is 26.2. The summed E-state index contributed by atoms with van der Waals surface area (Å²) in [4.78, 5) is 21.4. The average Bonchev–Trinajstić information content (AvgIpc) is 3.37. The summed E-state index contributed by atoms with van der Waals surface area (Å²) in [6.07, 6.45) is 6.90. The molecule has 3 heterocycles. The number of benzene rings is 2. The number of hydrogen-bond donors (Lipinski definition) is 2. The first-order valence-corrected chi connectivity index (χ1v) is 12.8. The monoisotopic (exact) mass is 558 g/mol.